The number of carbonyl (C=O) groups is 1. The van der Waals surface area contributed by atoms with E-state index in [1.165, 1.54) is 18.2 Å². The van der Waals surface area contributed by atoms with Crippen molar-refractivity contribution >= 4 is 5.97 Å². The van der Waals surface area contributed by atoms with Crippen molar-refractivity contribution in [3.63, 3.8) is 0 Å². The summed E-state index contributed by atoms with van der Waals surface area (Å²) < 4.78 is 15.4. The molecule has 0 spiro atoms. The minimum Gasteiger partial charge on any atom is -0.478 e. The first kappa shape index (κ1) is 12.3. The van der Waals surface area contributed by atoms with E-state index in [1.807, 2.05) is 6.92 Å². The number of rotatable bonds is 3. The van der Waals surface area contributed by atoms with Gasteiger partial charge in [0.1, 0.15) is 5.82 Å². The Balaban J connectivity index is 2.62. The fraction of sp³-hybridized carbons (Fsp3) is 0.231. The van der Waals surface area contributed by atoms with E-state index in [1.54, 1.807) is 17.9 Å². The van der Waals surface area contributed by atoms with Crippen LogP contribution in [0.1, 0.15) is 23.0 Å². The van der Waals surface area contributed by atoms with Gasteiger partial charge in [0.25, 0.3) is 0 Å². The first-order chi connectivity index (χ1) is 8.52. The van der Waals surface area contributed by atoms with Gasteiger partial charge < -0.3 is 5.11 Å². The van der Waals surface area contributed by atoms with Gasteiger partial charge in [-0.2, -0.15) is 5.10 Å². The second kappa shape index (κ2) is 4.60. The molecule has 4 nitrogen and oxygen atoms in total. The van der Waals surface area contributed by atoms with E-state index < -0.39 is 11.8 Å². The van der Waals surface area contributed by atoms with Gasteiger partial charge in [-0.15, -0.1) is 0 Å². The Bertz CT molecular complexity index is 605. The first-order valence-corrected chi connectivity index (χ1v) is 5.58. The molecule has 2 rings (SSSR count). The summed E-state index contributed by atoms with van der Waals surface area (Å²) in [4.78, 5) is 10.9. The zero-order valence-corrected chi connectivity index (χ0v) is 10.1. The molecule has 0 bridgehead atoms. The second-order valence-electron chi connectivity index (χ2n) is 4.02. The summed E-state index contributed by atoms with van der Waals surface area (Å²) in [6.07, 6.45) is 2.36. The number of hydrogen-bond acceptors (Lipinski definition) is 2. The Labute approximate surface area is 104 Å². The number of benzene rings is 1. The van der Waals surface area contributed by atoms with E-state index in [0.29, 0.717) is 12.0 Å². The van der Waals surface area contributed by atoms with Crippen LogP contribution in [0.25, 0.3) is 11.1 Å². The van der Waals surface area contributed by atoms with Crippen molar-refractivity contribution in [3.05, 3.63) is 41.5 Å². The molecule has 0 fully saturated rings. The molecule has 2 aromatic rings. The van der Waals surface area contributed by atoms with Gasteiger partial charge in [0.2, 0.25) is 0 Å². The van der Waals surface area contributed by atoms with Gasteiger partial charge in [0.15, 0.2) is 0 Å². The summed E-state index contributed by atoms with van der Waals surface area (Å²) in [6, 6.07) is 3.77. The van der Waals surface area contributed by atoms with E-state index in [4.69, 9.17) is 5.11 Å². The van der Waals surface area contributed by atoms with Crippen molar-refractivity contribution < 1.29 is 14.3 Å². The highest BCUT2D eigenvalue weighted by atomic mass is 19.1. The molecule has 0 unspecified atom stereocenters. The van der Waals surface area contributed by atoms with Gasteiger partial charge in [-0.1, -0.05) is 6.92 Å². The Morgan fingerprint density at radius 1 is 1.44 bits per heavy atom. The lowest BCUT2D eigenvalue weighted by molar-refractivity contribution is 0.0697. The molecule has 1 aromatic carbocycles. The smallest absolute Gasteiger partial charge is 0.335 e. The molecule has 0 amide bonds. The van der Waals surface area contributed by atoms with E-state index in [0.717, 1.165) is 5.69 Å². The number of nitrogens with zero attached hydrogens (tertiary/aromatic N) is 2. The lowest BCUT2D eigenvalue weighted by atomic mass is 10.0. The van der Waals surface area contributed by atoms with Crippen LogP contribution in [-0.4, -0.2) is 20.9 Å². The van der Waals surface area contributed by atoms with Crippen molar-refractivity contribution in [2.24, 2.45) is 7.05 Å². The van der Waals surface area contributed by atoms with Crippen LogP contribution in [-0.2, 0) is 13.5 Å². The van der Waals surface area contributed by atoms with Crippen molar-refractivity contribution in [2.75, 3.05) is 0 Å². The molecule has 0 aliphatic heterocycles. The Hall–Kier alpha value is -2.17. The van der Waals surface area contributed by atoms with E-state index >= 15 is 0 Å². The quantitative estimate of drug-likeness (QED) is 0.907. The fourth-order valence-corrected chi connectivity index (χ4v) is 1.89. The first-order valence-electron chi connectivity index (χ1n) is 5.58. The molecule has 1 N–H and O–H groups in total. The van der Waals surface area contributed by atoms with Crippen LogP contribution in [0.2, 0.25) is 0 Å². The monoisotopic (exact) mass is 248 g/mol. The molecule has 1 heterocycles. The highest BCUT2D eigenvalue weighted by Gasteiger charge is 2.15. The third-order valence-electron chi connectivity index (χ3n) is 2.74. The van der Waals surface area contributed by atoms with Gasteiger partial charge in [-0.3, -0.25) is 4.68 Å². The number of aromatic carboxylic acids is 1. The maximum absolute atomic E-state index is 13.8. The SMILES string of the molecule is CCc1nn(C)cc1-c1cc(C(=O)O)ccc1F. The van der Waals surface area contributed by atoms with E-state index in [-0.39, 0.29) is 11.1 Å². The van der Waals surface area contributed by atoms with Crippen LogP contribution < -0.4 is 0 Å². The minimum atomic E-state index is -1.07. The predicted octanol–water partition coefficient (Wildman–Crippen LogP) is 2.49. The van der Waals surface area contributed by atoms with E-state index in [2.05, 4.69) is 5.10 Å². The van der Waals surface area contributed by atoms with Crippen LogP contribution in [0.4, 0.5) is 4.39 Å². The average Bonchev–Trinajstić information content (AvgIpc) is 2.70. The van der Waals surface area contributed by atoms with Crippen molar-refractivity contribution in [2.45, 2.75) is 13.3 Å². The Morgan fingerprint density at radius 2 is 2.17 bits per heavy atom. The minimum absolute atomic E-state index is 0.0670. The van der Waals surface area contributed by atoms with Crippen LogP contribution in [0.15, 0.2) is 24.4 Å². The normalized spacial score (nSPS) is 10.6. The molecular weight excluding hydrogens is 235 g/mol. The van der Waals surface area contributed by atoms with Crippen molar-refractivity contribution in [1.29, 1.82) is 0 Å². The lowest BCUT2D eigenvalue weighted by Crippen LogP contribution is -1.98. The van der Waals surface area contributed by atoms with Gasteiger partial charge in [-0.05, 0) is 24.6 Å². The molecule has 5 heteroatoms. The summed E-state index contributed by atoms with van der Waals surface area (Å²) in [7, 11) is 1.75. The van der Waals surface area contributed by atoms with Crippen LogP contribution in [0, 0.1) is 5.82 Å². The highest BCUT2D eigenvalue weighted by molar-refractivity contribution is 5.89. The van der Waals surface area contributed by atoms with Gasteiger partial charge in [0, 0.05) is 24.4 Å². The molecule has 0 atom stereocenters. The Morgan fingerprint density at radius 3 is 2.78 bits per heavy atom. The number of aryl methyl sites for hydroxylation is 2. The second-order valence-corrected chi connectivity index (χ2v) is 4.02. The summed E-state index contributed by atoms with van der Waals surface area (Å²) in [6.45, 7) is 1.92. The van der Waals surface area contributed by atoms with Crippen LogP contribution >= 0.6 is 0 Å². The molecule has 0 aliphatic rings. The topological polar surface area (TPSA) is 55.1 Å². The maximum atomic E-state index is 13.8. The van der Waals surface area contributed by atoms with Crippen molar-refractivity contribution in [1.82, 2.24) is 9.78 Å². The Kier molecular flexibility index (Phi) is 3.14. The highest BCUT2D eigenvalue weighted by Crippen LogP contribution is 2.27. The van der Waals surface area contributed by atoms with E-state index in [9.17, 15) is 9.18 Å². The molecule has 0 saturated carbocycles. The van der Waals surface area contributed by atoms with Crippen LogP contribution in [0.5, 0.6) is 0 Å². The maximum Gasteiger partial charge on any atom is 0.335 e. The largest absolute Gasteiger partial charge is 0.478 e. The van der Waals surface area contributed by atoms with Crippen molar-refractivity contribution in [3.8, 4) is 11.1 Å². The lowest BCUT2D eigenvalue weighted by Gasteiger charge is -2.04. The molecule has 0 radical (unpaired) electrons. The summed E-state index contributed by atoms with van der Waals surface area (Å²) in [5, 5.41) is 13.2. The zero-order chi connectivity index (χ0) is 13.3. The third kappa shape index (κ3) is 2.11. The summed E-state index contributed by atoms with van der Waals surface area (Å²) in [5.74, 6) is -1.51. The number of halogens is 1. The molecule has 0 aliphatic carbocycles. The number of aromatic nitrogens is 2. The van der Waals surface area contributed by atoms with Gasteiger partial charge in [0.05, 0.1) is 11.3 Å². The third-order valence-corrected chi connectivity index (χ3v) is 2.74. The van der Waals surface area contributed by atoms with Gasteiger partial charge in [-0.25, -0.2) is 9.18 Å². The summed E-state index contributed by atoms with van der Waals surface area (Å²) in [5.41, 5.74) is 1.73. The zero-order valence-electron chi connectivity index (χ0n) is 10.1. The number of hydrogen-bond donors (Lipinski definition) is 1. The number of carboxylic acids is 1. The van der Waals surface area contributed by atoms with Crippen LogP contribution in [0.3, 0.4) is 0 Å². The summed E-state index contributed by atoms with van der Waals surface area (Å²) >= 11 is 0. The molecule has 1 aromatic heterocycles. The predicted molar refractivity (Wildman–Crippen MR) is 64.9 cm³/mol. The molecule has 94 valence electrons. The fourth-order valence-electron chi connectivity index (χ4n) is 1.89. The molecule has 18 heavy (non-hydrogen) atoms. The molecular formula is C13H13FN2O2. The standard InChI is InChI=1S/C13H13FN2O2/c1-3-12-10(7-16(2)15-12)9-6-8(13(17)18)4-5-11(9)14/h4-7H,3H2,1-2H3,(H,17,18). The van der Waals surface area contributed by atoms with Gasteiger partial charge >= 0.3 is 5.97 Å². The molecule has 0 saturated heterocycles. The number of carboxylic acid groups (broad SMARTS) is 1. The average molecular weight is 248 g/mol.